The molecule has 0 saturated carbocycles. The summed E-state index contributed by atoms with van der Waals surface area (Å²) in [7, 11) is 0. The van der Waals surface area contributed by atoms with Crippen molar-refractivity contribution in [2.45, 2.75) is 51.2 Å². The fourth-order valence-electron chi connectivity index (χ4n) is 4.28. The van der Waals surface area contributed by atoms with Gasteiger partial charge in [-0.1, -0.05) is 36.8 Å². The molecule has 7 heteroatoms. The van der Waals surface area contributed by atoms with Gasteiger partial charge in [-0.2, -0.15) is 13.2 Å². The van der Waals surface area contributed by atoms with E-state index in [1.54, 1.807) is 0 Å². The minimum atomic E-state index is -4.26. The van der Waals surface area contributed by atoms with Crippen LogP contribution in [-0.4, -0.2) is 39.6 Å². The first-order valence-corrected chi connectivity index (χ1v) is 9.96. The summed E-state index contributed by atoms with van der Waals surface area (Å²) in [6, 6.07) is 9.68. The molecular formula is C21H24F3N3O. The monoisotopic (exact) mass is 391 g/mol. The molecule has 1 fully saturated rings. The van der Waals surface area contributed by atoms with Crippen molar-refractivity contribution in [1.29, 1.82) is 0 Å². The van der Waals surface area contributed by atoms with Gasteiger partial charge >= 0.3 is 6.18 Å². The highest BCUT2D eigenvalue weighted by Gasteiger charge is 2.43. The molecule has 0 unspecified atom stereocenters. The van der Waals surface area contributed by atoms with Crippen LogP contribution in [-0.2, 0) is 13.0 Å². The maximum absolute atomic E-state index is 13.2. The van der Waals surface area contributed by atoms with Gasteiger partial charge in [-0.15, -0.1) is 0 Å². The quantitative estimate of drug-likeness (QED) is 0.745. The number of likely N-dealkylation sites (tertiary alicyclic amines) is 1. The first-order chi connectivity index (χ1) is 13.4. The number of fused-ring (bicyclic) bond motifs is 1. The van der Waals surface area contributed by atoms with Gasteiger partial charge in [0.25, 0.3) is 5.91 Å². The number of nitrogens with zero attached hydrogens (tertiary/aromatic N) is 3. The number of amides is 1. The van der Waals surface area contributed by atoms with E-state index in [-0.39, 0.29) is 18.9 Å². The summed E-state index contributed by atoms with van der Waals surface area (Å²) in [6.45, 7) is 0.874. The summed E-state index contributed by atoms with van der Waals surface area (Å²) in [5.41, 5.74) is 2.13. The first kappa shape index (κ1) is 19.0. The van der Waals surface area contributed by atoms with Crippen LogP contribution in [0.1, 0.15) is 48.3 Å². The zero-order chi connectivity index (χ0) is 19.7. The lowest BCUT2D eigenvalue weighted by Crippen LogP contribution is -2.45. The largest absolute Gasteiger partial charge is 0.393 e. The van der Waals surface area contributed by atoms with Crippen LogP contribution in [0, 0.1) is 5.92 Å². The van der Waals surface area contributed by atoms with Crippen LogP contribution < -0.4 is 0 Å². The normalized spacial score (nSPS) is 20.5. The molecule has 3 heterocycles. The fraction of sp³-hybridized carbons (Fsp3) is 0.524. The summed E-state index contributed by atoms with van der Waals surface area (Å²) in [5.74, 6) is -1.06. The third kappa shape index (κ3) is 3.66. The molecule has 1 amide bonds. The molecule has 150 valence electrons. The van der Waals surface area contributed by atoms with Crippen LogP contribution in [0.2, 0.25) is 0 Å². The summed E-state index contributed by atoms with van der Waals surface area (Å²) >= 11 is 0. The Hall–Kier alpha value is -2.31. The number of halogens is 3. The lowest BCUT2D eigenvalue weighted by atomic mass is 9.97. The van der Waals surface area contributed by atoms with Gasteiger partial charge in [-0.3, -0.25) is 4.79 Å². The Morgan fingerprint density at radius 2 is 1.82 bits per heavy atom. The molecule has 0 N–H and O–H groups in total. The molecule has 4 nitrogen and oxygen atoms in total. The van der Waals surface area contributed by atoms with Crippen LogP contribution in [0.5, 0.6) is 0 Å². The highest BCUT2D eigenvalue weighted by molar-refractivity contribution is 5.94. The van der Waals surface area contributed by atoms with Crippen LogP contribution >= 0.6 is 0 Å². The van der Waals surface area contributed by atoms with E-state index < -0.39 is 12.1 Å². The van der Waals surface area contributed by atoms with Crippen molar-refractivity contribution in [3.05, 3.63) is 41.7 Å². The molecular weight excluding hydrogens is 367 g/mol. The lowest BCUT2D eigenvalue weighted by Gasteiger charge is -2.33. The van der Waals surface area contributed by atoms with Crippen molar-refractivity contribution in [2.75, 3.05) is 13.1 Å². The van der Waals surface area contributed by atoms with Crippen LogP contribution in [0.4, 0.5) is 13.2 Å². The number of hydrogen-bond donors (Lipinski definition) is 0. The van der Waals surface area contributed by atoms with Gasteiger partial charge in [-0.05, 0) is 32.1 Å². The highest BCUT2D eigenvalue weighted by atomic mass is 19.4. The lowest BCUT2D eigenvalue weighted by molar-refractivity contribution is -0.184. The number of benzene rings is 1. The average Bonchev–Trinajstić information content (AvgIpc) is 2.88. The number of carbonyl (C=O) groups is 1. The summed E-state index contributed by atoms with van der Waals surface area (Å²) in [6.07, 6.45) is -0.0243. The maximum atomic E-state index is 13.2. The molecule has 2 aliphatic heterocycles. The number of hydrogen-bond acceptors (Lipinski definition) is 2. The Labute approximate surface area is 162 Å². The van der Waals surface area contributed by atoms with Gasteiger partial charge in [0, 0.05) is 25.2 Å². The zero-order valence-electron chi connectivity index (χ0n) is 15.7. The molecule has 1 aromatic heterocycles. The van der Waals surface area contributed by atoms with Gasteiger partial charge in [0.15, 0.2) is 0 Å². The average molecular weight is 391 g/mol. The van der Waals surface area contributed by atoms with Gasteiger partial charge in [0.1, 0.15) is 11.5 Å². The third-order valence-corrected chi connectivity index (χ3v) is 5.77. The van der Waals surface area contributed by atoms with E-state index in [0.717, 1.165) is 49.3 Å². The van der Waals surface area contributed by atoms with E-state index >= 15 is 0 Å². The topological polar surface area (TPSA) is 38.1 Å². The second-order valence-electron chi connectivity index (χ2n) is 7.69. The second-order valence-corrected chi connectivity index (χ2v) is 7.69. The molecule has 2 aromatic rings. The van der Waals surface area contributed by atoms with Crippen molar-refractivity contribution >= 4 is 5.91 Å². The zero-order valence-corrected chi connectivity index (χ0v) is 15.7. The Kier molecular flexibility index (Phi) is 5.17. The number of aromatic nitrogens is 2. The van der Waals surface area contributed by atoms with Crippen molar-refractivity contribution in [2.24, 2.45) is 5.92 Å². The minimum Gasteiger partial charge on any atom is -0.337 e. The summed E-state index contributed by atoms with van der Waals surface area (Å²) < 4.78 is 41.6. The minimum absolute atomic E-state index is 0.0871. The van der Waals surface area contributed by atoms with Crippen LogP contribution in [0.15, 0.2) is 30.3 Å². The Balaban J connectivity index is 1.69. The van der Waals surface area contributed by atoms with E-state index in [9.17, 15) is 18.0 Å². The number of rotatable bonds is 2. The molecule has 0 bridgehead atoms. The standard InChI is InChI=1S/C21H24F3N3O/c22-21(23,24)16-10-7-12-26(14-16)20(28)18-17-11-5-2-6-13-27(17)19(25-18)15-8-3-1-4-9-15/h1,3-4,8-9,16H,2,5-7,10-14H2/t16-/m0/s1. The van der Waals surface area contributed by atoms with Crippen molar-refractivity contribution in [1.82, 2.24) is 14.5 Å². The Bertz CT molecular complexity index is 845. The molecule has 0 radical (unpaired) electrons. The SMILES string of the molecule is O=C(c1nc(-c2ccccc2)n2c1CCCCC2)N1CCC[C@H](C(F)(F)F)C1. The van der Waals surface area contributed by atoms with Crippen LogP contribution in [0.25, 0.3) is 11.4 Å². The van der Waals surface area contributed by atoms with Crippen molar-refractivity contribution in [3.8, 4) is 11.4 Å². The van der Waals surface area contributed by atoms with Crippen molar-refractivity contribution < 1.29 is 18.0 Å². The van der Waals surface area contributed by atoms with Crippen LogP contribution in [0.3, 0.4) is 0 Å². The van der Waals surface area contributed by atoms with E-state index in [1.165, 1.54) is 4.90 Å². The van der Waals surface area contributed by atoms with E-state index in [0.29, 0.717) is 18.7 Å². The van der Waals surface area contributed by atoms with Gasteiger partial charge in [0.05, 0.1) is 11.6 Å². The highest BCUT2D eigenvalue weighted by Crippen LogP contribution is 2.34. The second kappa shape index (κ2) is 7.60. The van der Waals surface area contributed by atoms with E-state index in [1.807, 2.05) is 30.3 Å². The van der Waals surface area contributed by atoms with E-state index in [4.69, 9.17) is 0 Å². The number of piperidine rings is 1. The number of carbonyl (C=O) groups excluding carboxylic acids is 1. The molecule has 28 heavy (non-hydrogen) atoms. The van der Waals surface area contributed by atoms with E-state index in [2.05, 4.69) is 9.55 Å². The molecule has 2 aliphatic rings. The number of imidazole rings is 1. The molecule has 1 saturated heterocycles. The molecule has 4 rings (SSSR count). The van der Waals surface area contributed by atoms with Gasteiger partial charge < -0.3 is 9.47 Å². The predicted octanol–water partition coefficient (Wildman–Crippen LogP) is 4.69. The fourth-order valence-corrected chi connectivity index (χ4v) is 4.28. The van der Waals surface area contributed by atoms with Crippen molar-refractivity contribution in [3.63, 3.8) is 0 Å². The summed E-state index contributed by atoms with van der Waals surface area (Å²) in [4.78, 5) is 19.2. The van der Waals surface area contributed by atoms with Gasteiger partial charge in [0.2, 0.25) is 0 Å². The van der Waals surface area contributed by atoms with Gasteiger partial charge in [-0.25, -0.2) is 4.98 Å². The Morgan fingerprint density at radius 3 is 2.57 bits per heavy atom. The molecule has 1 atom stereocenters. The molecule has 0 spiro atoms. The Morgan fingerprint density at radius 1 is 1.04 bits per heavy atom. The molecule has 1 aromatic carbocycles. The third-order valence-electron chi connectivity index (χ3n) is 5.77. The number of alkyl halides is 3. The predicted molar refractivity (Wildman–Crippen MR) is 99.9 cm³/mol. The smallest absolute Gasteiger partial charge is 0.337 e. The maximum Gasteiger partial charge on any atom is 0.393 e. The molecule has 0 aliphatic carbocycles. The first-order valence-electron chi connectivity index (χ1n) is 9.96. The summed E-state index contributed by atoms with van der Waals surface area (Å²) in [5, 5.41) is 0.